The highest BCUT2D eigenvalue weighted by Crippen LogP contribution is 2.41. The molecule has 1 heterocycles. The number of hydrogen-bond acceptors (Lipinski definition) is 3. The molecule has 2 atom stereocenters. The number of piperidine rings is 1. The first-order chi connectivity index (χ1) is 16.2. The van der Waals surface area contributed by atoms with Gasteiger partial charge in [0.15, 0.2) is 0 Å². The Morgan fingerprint density at radius 1 is 0.848 bits per heavy atom. The van der Waals surface area contributed by atoms with Crippen LogP contribution in [0.15, 0.2) is 84.9 Å². The summed E-state index contributed by atoms with van der Waals surface area (Å²) in [4.78, 5) is 14.9. The number of benzene rings is 3. The first kappa shape index (κ1) is 21.9. The van der Waals surface area contributed by atoms with Gasteiger partial charge in [-0.1, -0.05) is 60.7 Å². The normalized spacial score (nSPS) is 21.0. The van der Waals surface area contributed by atoms with E-state index in [9.17, 15) is 4.79 Å². The minimum absolute atomic E-state index is 0.0656. The van der Waals surface area contributed by atoms with Gasteiger partial charge >= 0.3 is 0 Å². The molecular formula is C29H33N3O. The predicted molar refractivity (Wildman–Crippen MR) is 134 cm³/mol. The van der Waals surface area contributed by atoms with Gasteiger partial charge in [0.1, 0.15) is 0 Å². The standard InChI is InChI=1S/C29H33N3O/c33-29(25-9-5-2-6-10-25)31-26-13-11-24(12-14-26)27-19-28(27)30-20-22-15-17-32(18-16-22)21-23-7-3-1-4-8-23/h1-14,22,27-28,30H,15-21H2,(H,31,33)/t27-,28+/m0/s1. The minimum Gasteiger partial charge on any atom is -0.322 e. The summed E-state index contributed by atoms with van der Waals surface area (Å²) in [6.07, 6.45) is 3.78. The highest BCUT2D eigenvalue weighted by molar-refractivity contribution is 6.04. The van der Waals surface area contributed by atoms with Gasteiger partial charge in [0.25, 0.3) is 5.91 Å². The monoisotopic (exact) mass is 439 g/mol. The van der Waals surface area contributed by atoms with Crippen LogP contribution < -0.4 is 10.6 Å². The van der Waals surface area contributed by atoms with Gasteiger partial charge in [-0.25, -0.2) is 0 Å². The third kappa shape index (κ3) is 5.89. The fraction of sp³-hybridized carbons (Fsp3) is 0.345. The van der Waals surface area contributed by atoms with Gasteiger partial charge in [0.05, 0.1) is 0 Å². The maximum atomic E-state index is 12.3. The summed E-state index contributed by atoms with van der Waals surface area (Å²) in [5, 5.41) is 6.80. The second-order valence-corrected chi connectivity index (χ2v) is 9.50. The second-order valence-electron chi connectivity index (χ2n) is 9.50. The fourth-order valence-corrected chi connectivity index (χ4v) is 4.90. The zero-order chi connectivity index (χ0) is 22.5. The van der Waals surface area contributed by atoms with Gasteiger partial charge in [0, 0.05) is 29.8 Å². The smallest absolute Gasteiger partial charge is 0.255 e. The lowest BCUT2D eigenvalue weighted by molar-refractivity contribution is 0.102. The Kier molecular flexibility index (Phi) is 6.84. The average Bonchev–Trinajstić information content (AvgIpc) is 3.65. The summed E-state index contributed by atoms with van der Waals surface area (Å²) in [5.41, 5.74) is 4.31. The molecule has 0 bridgehead atoms. The molecule has 1 aliphatic carbocycles. The Morgan fingerprint density at radius 2 is 1.52 bits per heavy atom. The molecule has 5 rings (SSSR count). The van der Waals surface area contributed by atoms with Crippen molar-refractivity contribution in [2.45, 2.75) is 37.8 Å². The summed E-state index contributed by atoms with van der Waals surface area (Å²) < 4.78 is 0. The van der Waals surface area contributed by atoms with E-state index in [0.29, 0.717) is 17.5 Å². The Labute approximate surface area is 197 Å². The van der Waals surface area contributed by atoms with Crippen LogP contribution in [-0.2, 0) is 6.54 Å². The van der Waals surface area contributed by atoms with Crippen LogP contribution in [0.4, 0.5) is 5.69 Å². The maximum absolute atomic E-state index is 12.3. The highest BCUT2D eigenvalue weighted by atomic mass is 16.1. The molecule has 2 aliphatic rings. The number of hydrogen-bond donors (Lipinski definition) is 2. The molecule has 3 aromatic carbocycles. The van der Waals surface area contributed by atoms with Gasteiger partial charge < -0.3 is 10.6 Å². The lowest BCUT2D eigenvalue weighted by Gasteiger charge is -2.32. The SMILES string of the molecule is O=C(Nc1ccc([C@@H]2C[C@H]2NCC2CCN(Cc3ccccc3)CC2)cc1)c1ccccc1. The molecule has 2 N–H and O–H groups in total. The molecule has 33 heavy (non-hydrogen) atoms. The summed E-state index contributed by atoms with van der Waals surface area (Å²) in [5.74, 6) is 1.32. The van der Waals surface area contributed by atoms with Crippen LogP contribution in [0.1, 0.15) is 46.7 Å². The van der Waals surface area contributed by atoms with Crippen LogP contribution in [-0.4, -0.2) is 36.5 Å². The van der Waals surface area contributed by atoms with E-state index in [-0.39, 0.29) is 5.91 Å². The number of likely N-dealkylation sites (tertiary alicyclic amines) is 1. The van der Waals surface area contributed by atoms with Crippen LogP contribution in [0.5, 0.6) is 0 Å². The molecule has 4 nitrogen and oxygen atoms in total. The van der Waals surface area contributed by atoms with Gasteiger partial charge in [0.2, 0.25) is 0 Å². The van der Waals surface area contributed by atoms with E-state index in [1.165, 1.54) is 43.5 Å². The van der Waals surface area contributed by atoms with E-state index >= 15 is 0 Å². The average molecular weight is 440 g/mol. The Balaban J connectivity index is 1.03. The van der Waals surface area contributed by atoms with E-state index in [1.807, 2.05) is 42.5 Å². The summed E-state index contributed by atoms with van der Waals surface area (Å²) in [7, 11) is 0. The third-order valence-electron chi connectivity index (χ3n) is 7.05. The molecule has 0 aromatic heterocycles. The molecule has 3 aromatic rings. The van der Waals surface area contributed by atoms with E-state index in [2.05, 4.69) is 58.0 Å². The molecule has 0 spiro atoms. The van der Waals surface area contributed by atoms with Crippen molar-refractivity contribution in [2.24, 2.45) is 5.92 Å². The van der Waals surface area contributed by atoms with Crippen molar-refractivity contribution in [3.8, 4) is 0 Å². The maximum Gasteiger partial charge on any atom is 0.255 e. The third-order valence-corrected chi connectivity index (χ3v) is 7.05. The topological polar surface area (TPSA) is 44.4 Å². The number of nitrogens with one attached hydrogen (secondary N) is 2. The summed E-state index contributed by atoms with van der Waals surface area (Å²) >= 11 is 0. The minimum atomic E-state index is -0.0656. The van der Waals surface area contributed by atoms with Crippen LogP contribution in [0.3, 0.4) is 0 Å². The van der Waals surface area contributed by atoms with Crippen molar-refractivity contribution in [2.75, 3.05) is 25.0 Å². The zero-order valence-corrected chi connectivity index (χ0v) is 19.1. The fourth-order valence-electron chi connectivity index (χ4n) is 4.90. The molecule has 1 aliphatic heterocycles. The van der Waals surface area contributed by atoms with Gasteiger partial charge in [-0.3, -0.25) is 9.69 Å². The summed E-state index contributed by atoms with van der Waals surface area (Å²) in [6.45, 7) is 4.61. The van der Waals surface area contributed by atoms with Crippen molar-refractivity contribution in [1.29, 1.82) is 0 Å². The number of nitrogens with zero attached hydrogens (tertiary/aromatic N) is 1. The molecule has 1 amide bonds. The van der Waals surface area contributed by atoms with Gasteiger partial charge in [-0.05, 0) is 80.2 Å². The number of rotatable bonds is 8. The lowest BCUT2D eigenvalue weighted by atomic mass is 9.96. The number of amides is 1. The molecule has 170 valence electrons. The van der Waals surface area contributed by atoms with Crippen LogP contribution in [0.2, 0.25) is 0 Å². The molecular weight excluding hydrogens is 406 g/mol. The lowest BCUT2D eigenvalue weighted by Crippen LogP contribution is -2.37. The van der Waals surface area contributed by atoms with Crippen molar-refractivity contribution in [3.05, 3.63) is 102 Å². The van der Waals surface area contributed by atoms with Crippen molar-refractivity contribution < 1.29 is 4.79 Å². The highest BCUT2D eigenvalue weighted by Gasteiger charge is 2.38. The molecule has 4 heteroatoms. The Hall–Kier alpha value is -2.95. The first-order valence-electron chi connectivity index (χ1n) is 12.2. The summed E-state index contributed by atoms with van der Waals surface area (Å²) in [6, 6.07) is 29.1. The van der Waals surface area contributed by atoms with E-state index < -0.39 is 0 Å². The van der Waals surface area contributed by atoms with Crippen LogP contribution in [0, 0.1) is 5.92 Å². The molecule has 1 saturated heterocycles. The van der Waals surface area contributed by atoms with Crippen LogP contribution in [0.25, 0.3) is 0 Å². The van der Waals surface area contributed by atoms with Crippen LogP contribution >= 0.6 is 0 Å². The molecule has 1 saturated carbocycles. The molecule has 0 unspecified atom stereocenters. The molecule has 2 fully saturated rings. The van der Waals surface area contributed by atoms with E-state index in [1.54, 1.807) is 0 Å². The van der Waals surface area contributed by atoms with E-state index in [4.69, 9.17) is 0 Å². The predicted octanol–water partition coefficient (Wildman–Crippen LogP) is 5.30. The molecule has 0 radical (unpaired) electrons. The van der Waals surface area contributed by atoms with Crippen molar-refractivity contribution >= 4 is 11.6 Å². The van der Waals surface area contributed by atoms with Gasteiger partial charge in [-0.2, -0.15) is 0 Å². The number of carbonyl (C=O) groups is 1. The second kappa shape index (κ2) is 10.3. The largest absolute Gasteiger partial charge is 0.322 e. The van der Waals surface area contributed by atoms with Gasteiger partial charge in [-0.15, -0.1) is 0 Å². The number of anilines is 1. The van der Waals surface area contributed by atoms with Crippen molar-refractivity contribution in [1.82, 2.24) is 10.2 Å². The quantitative estimate of drug-likeness (QED) is 0.501. The Morgan fingerprint density at radius 3 is 2.21 bits per heavy atom. The first-order valence-corrected chi connectivity index (χ1v) is 12.2. The number of carbonyl (C=O) groups excluding carboxylic acids is 1. The Bertz CT molecular complexity index is 1030. The van der Waals surface area contributed by atoms with Crippen molar-refractivity contribution in [3.63, 3.8) is 0 Å². The zero-order valence-electron chi connectivity index (χ0n) is 19.1. The van der Waals surface area contributed by atoms with E-state index in [0.717, 1.165) is 24.7 Å².